The van der Waals surface area contributed by atoms with Gasteiger partial charge in [-0.3, -0.25) is 9.13 Å². The van der Waals surface area contributed by atoms with Crippen molar-refractivity contribution in [3.05, 3.63) is 59.0 Å². The zero-order valence-corrected chi connectivity index (χ0v) is 30.9. The zero-order valence-electron chi connectivity index (χ0n) is 29.1. The Balaban J connectivity index is 2.09. The van der Waals surface area contributed by atoms with Gasteiger partial charge in [-0.25, -0.2) is 14.0 Å². The number of carbonyl (C=O) groups excluding carboxylic acids is 1. The fourth-order valence-corrected chi connectivity index (χ4v) is 6.24. The first kappa shape index (κ1) is 36.9. The molecule has 0 radical (unpaired) electrons. The second-order valence-corrected chi connectivity index (χ2v) is 22.2. The maximum atomic E-state index is 14.0. The second kappa shape index (κ2) is 13.9. The average Bonchev–Trinajstić information content (AvgIpc) is 3.54. The number of halogens is 2. The molecule has 0 amide bonds. The monoisotopic (exact) mass is 699 g/mol. The lowest BCUT2D eigenvalue weighted by molar-refractivity contribution is -0.0499. The molecule has 0 bridgehead atoms. The summed E-state index contributed by atoms with van der Waals surface area (Å²) in [5.74, 6) is -0.0717. The maximum absolute atomic E-state index is 14.0. The minimum atomic E-state index is -3.20. The van der Waals surface area contributed by atoms with Crippen LogP contribution in [0.15, 0.2) is 40.9 Å². The summed E-state index contributed by atoms with van der Waals surface area (Å²) < 4.78 is 65.5. The lowest BCUT2D eigenvalue weighted by Gasteiger charge is -2.21. The molecule has 0 saturated carbocycles. The highest BCUT2D eigenvalue weighted by Crippen LogP contribution is 2.37. The van der Waals surface area contributed by atoms with Gasteiger partial charge in [-0.1, -0.05) is 19.6 Å². The molecule has 258 valence electrons. The summed E-state index contributed by atoms with van der Waals surface area (Å²) in [5, 5.41) is 9.93. The van der Waals surface area contributed by atoms with Gasteiger partial charge in [0.15, 0.2) is 5.82 Å². The van der Waals surface area contributed by atoms with Crippen LogP contribution in [0.1, 0.15) is 64.1 Å². The molecule has 2 aromatic heterocycles. The van der Waals surface area contributed by atoms with Gasteiger partial charge in [-0.05, 0) is 90.4 Å². The van der Waals surface area contributed by atoms with Gasteiger partial charge in [0, 0.05) is 26.3 Å². The number of nitrogens with zero attached hydrogens (tertiary/aromatic N) is 5. The first-order valence-corrected chi connectivity index (χ1v) is 20.3. The molecule has 0 N–H and O–H groups in total. The van der Waals surface area contributed by atoms with Crippen LogP contribution in [0.25, 0.3) is 21.9 Å². The largest absolute Gasteiger partial charge is 0.443 e. The highest BCUT2D eigenvalue weighted by atomic mass is 32.2. The first-order chi connectivity index (χ1) is 22.2. The molecule has 48 heavy (non-hydrogen) atoms. The van der Waals surface area contributed by atoms with E-state index in [2.05, 4.69) is 30.1 Å². The molecule has 10 nitrogen and oxygen atoms in total. The number of nitriles is 1. The zero-order chi connectivity index (χ0) is 35.8. The molecule has 2 aromatic carbocycles. The van der Waals surface area contributed by atoms with Crippen molar-refractivity contribution in [2.24, 2.45) is 4.40 Å². The predicted octanol–water partition coefficient (Wildman–Crippen LogP) is 8.17. The van der Waals surface area contributed by atoms with Crippen LogP contribution >= 0.6 is 0 Å². The molecule has 2 heterocycles. The molecular weight excluding hydrogens is 657 g/mol. The number of alkyl halides is 2. The standard InChI is InChI=1S/C34H43F2N5O5SSi/c1-21-17-26(45-31(35)36)27(23-13-14-40(29(21)23)32(42)46-33(2,3)4)28(39-47(43)34(5,6)7)30-38-24-18-22(19-37)11-12-25(24)41(30)20-44-15-16-48(8,9)10/h11-14,17-18,31H,15-16,20H2,1-10H3/b39-28-. The summed E-state index contributed by atoms with van der Waals surface area (Å²) in [6.45, 7) is 16.1. The lowest BCUT2D eigenvalue weighted by atomic mass is 10.00. The van der Waals surface area contributed by atoms with E-state index < -0.39 is 42.1 Å². The van der Waals surface area contributed by atoms with Crippen molar-refractivity contribution in [1.82, 2.24) is 14.1 Å². The van der Waals surface area contributed by atoms with Gasteiger partial charge in [0.2, 0.25) is 0 Å². The maximum Gasteiger partial charge on any atom is 0.419 e. The Morgan fingerprint density at radius 3 is 2.40 bits per heavy atom. The van der Waals surface area contributed by atoms with E-state index in [-0.39, 0.29) is 29.6 Å². The minimum absolute atomic E-state index is 0.00523. The van der Waals surface area contributed by atoms with Gasteiger partial charge in [-0.2, -0.15) is 18.4 Å². The number of fused-ring (bicyclic) bond motifs is 2. The highest BCUT2D eigenvalue weighted by Gasteiger charge is 2.31. The number of hydrogen-bond donors (Lipinski definition) is 0. The van der Waals surface area contributed by atoms with Crippen LogP contribution in [-0.2, 0) is 27.2 Å². The van der Waals surface area contributed by atoms with Crippen LogP contribution in [0, 0.1) is 18.3 Å². The van der Waals surface area contributed by atoms with E-state index >= 15 is 0 Å². The van der Waals surface area contributed by atoms with E-state index in [0.717, 1.165) is 6.04 Å². The van der Waals surface area contributed by atoms with Crippen molar-refractivity contribution in [2.45, 2.75) is 97.8 Å². The summed E-state index contributed by atoms with van der Waals surface area (Å²) in [4.78, 5) is 18.1. The quantitative estimate of drug-likeness (QED) is 0.0930. The third kappa shape index (κ3) is 8.55. The molecule has 0 saturated heterocycles. The molecule has 0 aliphatic rings. The van der Waals surface area contributed by atoms with E-state index in [1.54, 1.807) is 77.3 Å². The molecular formula is C34H43F2N5O5SSi. The fourth-order valence-electron chi connectivity index (χ4n) is 4.87. The van der Waals surface area contributed by atoms with Crippen molar-refractivity contribution < 1.29 is 32.0 Å². The van der Waals surface area contributed by atoms with Crippen molar-refractivity contribution in [3.8, 4) is 11.8 Å². The number of ether oxygens (including phenoxy) is 3. The third-order valence-corrected chi connectivity index (χ3v) is 10.3. The number of carbonyl (C=O) groups is 1. The van der Waals surface area contributed by atoms with Crippen LogP contribution < -0.4 is 4.74 Å². The van der Waals surface area contributed by atoms with Crippen LogP contribution in [0.4, 0.5) is 13.6 Å². The summed E-state index contributed by atoms with van der Waals surface area (Å²) in [7, 11) is -3.34. The number of aryl methyl sites for hydroxylation is 1. The van der Waals surface area contributed by atoms with Crippen molar-refractivity contribution in [1.29, 1.82) is 5.26 Å². The van der Waals surface area contributed by atoms with Crippen LogP contribution in [0.3, 0.4) is 0 Å². The van der Waals surface area contributed by atoms with E-state index in [0.29, 0.717) is 39.7 Å². The van der Waals surface area contributed by atoms with Crippen molar-refractivity contribution >= 4 is 52.8 Å². The number of imidazole rings is 1. The molecule has 0 spiro atoms. The number of rotatable bonds is 10. The summed E-state index contributed by atoms with van der Waals surface area (Å²) in [6.07, 6.45) is 0.819. The van der Waals surface area contributed by atoms with E-state index in [9.17, 15) is 23.0 Å². The number of hydrogen-bond acceptors (Lipinski definition) is 7. The molecule has 1 atom stereocenters. The fraction of sp³-hybridized carbons (Fsp3) is 0.471. The Kier molecular flexibility index (Phi) is 10.7. The van der Waals surface area contributed by atoms with E-state index in [4.69, 9.17) is 19.2 Å². The Morgan fingerprint density at radius 1 is 1.12 bits per heavy atom. The normalized spacial score (nSPS) is 13.7. The third-order valence-electron chi connectivity index (χ3n) is 7.17. The summed E-state index contributed by atoms with van der Waals surface area (Å²) in [6, 6.07) is 11.0. The van der Waals surface area contributed by atoms with Gasteiger partial charge < -0.3 is 14.2 Å². The lowest BCUT2D eigenvalue weighted by Crippen LogP contribution is -2.27. The predicted molar refractivity (Wildman–Crippen MR) is 187 cm³/mol. The Bertz CT molecular complexity index is 1940. The molecule has 0 aliphatic heterocycles. The van der Waals surface area contributed by atoms with Gasteiger partial charge in [0.25, 0.3) is 0 Å². The Morgan fingerprint density at radius 2 is 1.81 bits per heavy atom. The molecule has 14 heteroatoms. The highest BCUT2D eigenvalue weighted by molar-refractivity contribution is 7.85. The average molecular weight is 700 g/mol. The smallest absolute Gasteiger partial charge is 0.419 e. The summed E-state index contributed by atoms with van der Waals surface area (Å²) in [5.41, 5.74) is 1.47. The minimum Gasteiger partial charge on any atom is -0.443 e. The van der Waals surface area contributed by atoms with E-state index in [1.807, 2.05) is 0 Å². The molecule has 1 unspecified atom stereocenters. The Labute approximate surface area is 283 Å². The van der Waals surface area contributed by atoms with Gasteiger partial charge in [0.05, 0.1) is 38.5 Å². The second-order valence-electron chi connectivity index (χ2n) is 14.7. The first-order valence-electron chi connectivity index (χ1n) is 15.5. The van der Waals surface area contributed by atoms with Crippen LogP contribution in [0.2, 0.25) is 25.7 Å². The van der Waals surface area contributed by atoms with Crippen molar-refractivity contribution in [3.63, 3.8) is 0 Å². The topological polar surface area (TPSA) is 121 Å². The van der Waals surface area contributed by atoms with E-state index in [1.165, 1.54) is 16.8 Å². The summed E-state index contributed by atoms with van der Waals surface area (Å²) >= 11 is 0. The van der Waals surface area contributed by atoms with Crippen LogP contribution in [0.5, 0.6) is 5.75 Å². The van der Waals surface area contributed by atoms with Crippen molar-refractivity contribution in [2.75, 3.05) is 6.61 Å². The molecule has 4 rings (SSSR count). The van der Waals surface area contributed by atoms with Gasteiger partial charge in [-0.15, -0.1) is 0 Å². The SMILES string of the molecule is Cc1cc(OC(F)F)c(/C(=N/S(=O)C(C)(C)C)c2nc3cc(C#N)ccc3n2COCC[Si](C)(C)C)c2ccn(C(=O)OC(C)(C)C)c12. The Hall–Kier alpha value is -3.93. The van der Waals surface area contributed by atoms with Gasteiger partial charge >= 0.3 is 12.7 Å². The molecule has 0 aliphatic carbocycles. The number of benzene rings is 2. The van der Waals surface area contributed by atoms with Crippen LogP contribution in [-0.4, -0.2) is 61.8 Å². The molecule has 0 fully saturated rings. The molecule has 4 aromatic rings. The number of aromatic nitrogens is 3. The van der Waals surface area contributed by atoms with Gasteiger partial charge in [0.1, 0.15) is 34.8 Å².